The van der Waals surface area contributed by atoms with E-state index in [-0.39, 0.29) is 36.1 Å². The lowest BCUT2D eigenvalue weighted by Gasteiger charge is -2.39. The second-order valence-electron chi connectivity index (χ2n) is 9.44. The van der Waals surface area contributed by atoms with E-state index in [2.05, 4.69) is 33.9 Å². The number of hydrogen-bond acceptors (Lipinski definition) is 7. The summed E-state index contributed by atoms with van der Waals surface area (Å²) in [6, 6.07) is 0. The average Bonchev–Trinajstić information content (AvgIpc) is 3.26. The highest BCUT2D eigenvalue weighted by molar-refractivity contribution is 7.48. The molecule has 0 amide bonds. The Morgan fingerprint density at radius 1 is 1.00 bits per heavy atom. The first-order chi connectivity index (χ1) is 13.5. The predicted molar refractivity (Wildman–Crippen MR) is 116 cm³/mol. The fraction of sp³-hybridized carbons (Fsp3) is 1.00. The van der Waals surface area contributed by atoms with Crippen LogP contribution in [0.1, 0.15) is 60.3 Å². The topological polar surface area (TPSA) is 72.5 Å². The summed E-state index contributed by atoms with van der Waals surface area (Å²) in [5, 5.41) is 0.112. The Bertz CT molecular complexity index is 551. The Morgan fingerprint density at radius 3 is 2.21 bits per heavy atom. The smallest absolute Gasteiger partial charge is 0.411 e. The number of phosphoric ester groups is 1. The minimum absolute atomic E-state index is 0.0614. The van der Waals surface area contributed by atoms with Gasteiger partial charge in [0.2, 0.25) is 0 Å². The van der Waals surface area contributed by atoms with E-state index in [1.165, 1.54) is 0 Å². The maximum atomic E-state index is 13.3. The van der Waals surface area contributed by atoms with Crippen molar-refractivity contribution in [1.82, 2.24) is 0 Å². The first-order valence-corrected chi connectivity index (χ1v) is 15.4. The van der Waals surface area contributed by atoms with Gasteiger partial charge in [-0.2, -0.15) is 0 Å². The number of phosphoric acid groups is 1. The van der Waals surface area contributed by atoms with Gasteiger partial charge in [0.15, 0.2) is 8.32 Å². The summed E-state index contributed by atoms with van der Waals surface area (Å²) in [6.45, 7) is 16.8. The van der Waals surface area contributed by atoms with Crippen LogP contribution in [-0.2, 0) is 32.0 Å². The van der Waals surface area contributed by atoms with Crippen LogP contribution in [0.2, 0.25) is 18.1 Å². The summed E-state index contributed by atoms with van der Waals surface area (Å²) < 4.78 is 48.5. The number of hydrogen-bond donors (Lipinski definition) is 0. The van der Waals surface area contributed by atoms with Gasteiger partial charge in [-0.3, -0.25) is 13.6 Å². The highest BCUT2D eigenvalue weighted by Gasteiger charge is 2.44. The zero-order chi connectivity index (χ0) is 21.7. The highest BCUT2D eigenvalue weighted by atomic mass is 31.2. The second kappa shape index (κ2) is 10.7. The van der Waals surface area contributed by atoms with Crippen LogP contribution < -0.4 is 0 Å². The van der Waals surface area contributed by atoms with Gasteiger partial charge in [0.05, 0.1) is 31.5 Å². The van der Waals surface area contributed by atoms with Crippen molar-refractivity contribution in [3.05, 3.63) is 0 Å². The van der Waals surface area contributed by atoms with Crippen molar-refractivity contribution in [2.24, 2.45) is 0 Å². The largest absolute Gasteiger partial charge is 0.475 e. The number of rotatable bonds is 11. The normalized spacial score (nSPS) is 30.6. The zero-order valence-corrected chi connectivity index (χ0v) is 21.2. The minimum Gasteiger partial charge on any atom is -0.411 e. The molecule has 7 nitrogen and oxygen atoms in total. The molecule has 2 saturated heterocycles. The highest BCUT2D eigenvalue weighted by Crippen LogP contribution is 2.53. The van der Waals surface area contributed by atoms with Crippen LogP contribution in [0.3, 0.4) is 0 Å². The van der Waals surface area contributed by atoms with E-state index in [1.807, 2.05) is 13.8 Å². The molecule has 2 rings (SSSR count). The quantitative estimate of drug-likeness (QED) is 0.311. The molecule has 2 heterocycles. The van der Waals surface area contributed by atoms with Crippen LogP contribution in [0.15, 0.2) is 0 Å². The van der Waals surface area contributed by atoms with Gasteiger partial charge < -0.3 is 13.9 Å². The molecule has 2 fully saturated rings. The van der Waals surface area contributed by atoms with E-state index in [1.54, 1.807) is 0 Å². The van der Waals surface area contributed by atoms with Gasteiger partial charge in [0.1, 0.15) is 6.10 Å². The third-order valence-electron chi connectivity index (χ3n) is 6.07. The van der Waals surface area contributed by atoms with Gasteiger partial charge in [-0.15, -0.1) is 0 Å². The molecule has 5 atom stereocenters. The second-order valence-corrected chi connectivity index (χ2v) is 15.8. The van der Waals surface area contributed by atoms with Crippen molar-refractivity contribution in [2.75, 3.05) is 26.4 Å². The van der Waals surface area contributed by atoms with E-state index < -0.39 is 16.1 Å². The average molecular weight is 453 g/mol. The summed E-state index contributed by atoms with van der Waals surface area (Å²) in [5.74, 6) is 0. The Labute approximate surface area is 177 Å². The molecule has 2 aliphatic rings. The molecule has 0 aromatic carbocycles. The summed E-state index contributed by atoms with van der Waals surface area (Å²) in [7, 11) is -5.64. The van der Waals surface area contributed by atoms with E-state index in [0.717, 1.165) is 19.3 Å². The van der Waals surface area contributed by atoms with Crippen molar-refractivity contribution < 1.29 is 32.0 Å². The fourth-order valence-electron chi connectivity index (χ4n) is 3.24. The molecule has 172 valence electrons. The van der Waals surface area contributed by atoms with E-state index in [9.17, 15) is 4.57 Å². The van der Waals surface area contributed by atoms with Crippen LogP contribution in [-0.4, -0.2) is 59.2 Å². The maximum Gasteiger partial charge on any atom is 0.475 e. The fourth-order valence-corrected chi connectivity index (χ4v) is 6.12. The molecule has 0 N–H and O–H groups in total. The summed E-state index contributed by atoms with van der Waals surface area (Å²) in [5.41, 5.74) is 0. The zero-order valence-electron chi connectivity index (χ0n) is 19.3. The molecule has 0 saturated carbocycles. The van der Waals surface area contributed by atoms with Crippen molar-refractivity contribution in [1.29, 1.82) is 0 Å². The molecule has 0 aromatic rings. The Morgan fingerprint density at radius 2 is 1.62 bits per heavy atom. The lowest BCUT2D eigenvalue weighted by Crippen LogP contribution is -2.46. The Balaban J connectivity index is 1.99. The standard InChI is InChI=1S/C20H41O7PSi/c1-8-12-24-28(21,26-17-10-13-22-16(17)9-2)25-15-19-18(11-14-23-19)27-29(6,7)20(3,4)5/h16-19H,8-15H2,1-7H3/t16-,17?,18?,19-,28+/m1/s1. The monoisotopic (exact) mass is 452 g/mol. The Hall–Kier alpha value is 0.207. The minimum atomic E-state index is -3.70. The third-order valence-corrected chi connectivity index (χ3v) is 12.1. The van der Waals surface area contributed by atoms with Gasteiger partial charge in [0.25, 0.3) is 0 Å². The maximum absolute atomic E-state index is 13.3. The molecule has 0 aromatic heterocycles. The van der Waals surface area contributed by atoms with Crippen molar-refractivity contribution in [3.63, 3.8) is 0 Å². The first kappa shape index (κ1) is 25.5. The molecule has 2 aliphatic heterocycles. The van der Waals surface area contributed by atoms with E-state index >= 15 is 0 Å². The van der Waals surface area contributed by atoms with Crippen LogP contribution in [0.4, 0.5) is 0 Å². The lowest BCUT2D eigenvalue weighted by atomic mass is 10.1. The molecule has 0 spiro atoms. The SMILES string of the molecule is CCCO[P@@](=O)(OC[C@H]1OCCC1O[Si](C)(C)C(C)(C)C)OC1CCO[C@@H]1CC. The molecule has 0 aliphatic carbocycles. The first-order valence-electron chi connectivity index (χ1n) is 11.0. The Kier molecular flexibility index (Phi) is 9.38. The van der Waals surface area contributed by atoms with Gasteiger partial charge >= 0.3 is 7.82 Å². The third kappa shape index (κ3) is 7.11. The molecule has 0 radical (unpaired) electrons. The van der Waals surface area contributed by atoms with Crippen LogP contribution in [0.25, 0.3) is 0 Å². The van der Waals surface area contributed by atoms with E-state index in [4.69, 9.17) is 27.5 Å². The van der Waals surface area contributed by atoms with Crippen LogP contribution in [0.5, 0.6) is 0 Å². The lowest BCUT2D eigenvalue weighted by molar-refractivity contribution is -0.0136. The number of ether oxygens (including phenoxy) is 2. The molecule has 0 bridgehead atoms. The van der Waals surface area contributed by atoms with Crippen molar-refractivity contribution in [3.8, 4) is 0 Å². The summed E-state index contributed by atoms with van der Waals surface area (Å²) in [6.07, 6.45) is 2.36. The van der Waals surface area contributed by atoms with Crippen LogP contribution >= 0.6 is 7.82 Å². The van der Waals surface area contributed by atoms with Gasteiger partial charge in [-0.05, 0) is 37.4 Å². The van der Waals surface area contributed by atoms with Crippen LogP contribution in [0, 0.1) is 0 Å². The van der Waals surface area contributed by atoms with Crippen molar-refractivity contribution >= 4 is 16.1 Å². The summed E-state index contributed by atoms with van der Waals surface area (Å²) in [4.78, 5) is 0. The molecule has 29 heavy (non-hydrogen) atoms. The van der Waals surface area contributed by atoms with Crippen molar-refractivity contribution in [2.45, 2.75) is 103 Å². The van der Waals surface area contributed by atoms with Gasteiger partial charge in [0, 0.05) is 19.6 Å². The molecule has 9 heteroatoms. The predicted octanol–water partition coefficient (Wildman–Crippen LogP) is 5.30. The molecular weight excluding hydrogens is 411 g/mol. The molecule has 2 unspecified atom stereocenters. The van der Waals surface area contributed by atoms with Gasteiger partial charge in [-0.25, -0.2) is 4.57 Å². The molecular formula is C20H41O7PSi. The van der Waals surface area contributed by atoms with E-state index in [0.29, 0.717) is 26.2 Å². The summed E-state index contributed by atoms with van der Waals surface area (Å²) >= 11 is 0. The van der Waals surface area contributed by atoms with Gasteiger partial charge in [-0.1, -0.05) is 34.6 Å².